The van der Waals surface area contributed by atoms with Crippen LogP contribution in [0.1, 0.15) is 10.4 Å². The summed E-state index contributed by atoms with van der Waals surface area (Å²) < 4.78 is 36.1. The van der Waals surface area contributed by atoms with Gasteiger partial charge in [-0.15, -0.1) is 0 Å². The van der Waals surface area contributed by atoms with Crippen LogP contribution in [0.3, 0.4) is 0 Å². The molecule has 0 aliphatic carbocycles. The normalized spacial score (nSPS) is 11.6. The number of alkyl halides is 3. The molecule has 1 aromatic carbocycles. The van der Waals surface area contributed by atoms with Crippen molar-refractivity contribution in [2.24, 2.45) is 0 Å². The van der Waals surface area contributed by atoms with Crippen molar-refractivity contribution < 1.29 is 18.0 Å². The topological polar surface area (TPSA) is 77.8 Å². The lowest BCUT2D eigenvalue weighted by molar-refractivity contribution is -0.123. The number of rotatable bonds is 2. The fraction of sp³-hybridized carbons (Fsp3) is 0.182. The Balaban J connectivity index is 2.35. The molecule has 20 heavy (non-hydrogen) atoms. The van der Waals surface area contributed by atoms with Gasteiger partial charge in [0.25, 0.3) is 11.5 Å². The molecule has 0 aliphatic heterocycles. The maximum absolute atomic E-state index is 12.0. The summed E-state index contributed by atoms with van der Waals surface area (Å²) >= 11 is 4.78. The van der Waals surface area contributed by atoms with Crippen LogP contribution in [0.5, 0.6) is 0 Å². The minimum Gasteiger partial charge on any atom is -0.343 e. The zero-order valence-electron chi connectivity index (χ0n) is 9.80. The van der Waals surface area contributed by atoms with E-state index < -0.39 is 24.2 Å². The molecule has 0 saturated carbocycles. The number of halogens is 3. The van der Waals surface area contributed by atoms with Crippen molar-refractivity contribution in [1.29, 1.82) is 0 Å². The molecule has 3 N–H and O–H groups in total. The van der Waals surface area contributed by atoms with Crippen molar-refractivity contribution >= 4 is 29.0 Å². The zero-order valence-corrected chi connectivity index (χ0v) is 10.6. The summed E-state index contributed by atoms with van der Waals surface area (Å²) in [6, 6.07) is 3.87. The lowest BCUT2D eigenvalue weighted by Gasteiger charge is -2.08. The quantitative estimate of drug-likeness (QED) is 0.741. The summed E-state index contributed by atoms with van der Waals surface area (Å²) in [5.41, 5.74) is -0.164. The van der Waals surface area contributed by atoms with E-state index in [9.17, 15) is 22.8 Å². The Morgan fingerprint density at radius 2 is 2.00 bits per heavy atom. The average Bonchev–Trinajstić information content (AvgIpc) is 2.34. The maximum Gasteiger partial charge on any atom is 0.405 e. The predicted molar refractivity (Wildman–Crippen MR) is 68.1 cm³/mol. The monoisotopic (exact) mass is 303 g/mol. The number of H-pyrrole nitrogens is 2. The number of hydrogen-bond donors (Lipinski definition) is 3. The number of amides is 1. The van der Waals surface area contributed by atoms with Gasteiger partial charge in [0.05, 0.1) is 10.9 Å². The molecule has 0 fully saturated rings. The van der Waals surface area contributed by atoms with E-state index >= 15 is 0 Å². The molecule has 0 unspecified atom stereocenters. The van der Waals surface area contributed by atoms with Crippen LogP contribution in [0.2, 0.25) is 0 Å². The third kappa shape index (κ3) is 3.23. The summed E-state index contributed by atoms with van der Waals surface area (Å²) in [7, 11) is 0. The van der Waals surface area contributed by atoms with Crippen LogP contribution < -0.4 is 10.9 Å². The Morgan fingerprint density at radius 1 is 1.30 bits per heavy atom. The van der Waals surface area contributed by atoms with Crippen molar-refractivity contribution in [3.8, 4) is 0 Å². The highest BCUT2D eigenvalue weighted by molar-refractivity contribution is 7.71. The smallest absolute Gasteiger partial charge is 0.343 e. The van der Waals surface area contributed by atoms with Gasteiger partial charge >= 0.3 is 6.18 Å². The first-order valence-electron chi connectivity index (χ1n) is 5.37. The predicted octanol–water partition coefficient (Wildman–Crippen LogP) is 1.88. The molecule has 5 nitrogen and oxygen atoms in total. The third-order valence-corrected chi connectivity index (χ3v) is 2.66. The zero-order chi connectivity index (χ0) is 14.9. The molecule has 1 aromatic heterocycles. The van der Waals surface area contributed by atoms with Crippen LogP contribution in [0.4, 0.5) is 13.2 Å². The van der Waals surface area contributed by atoms with Gasteiger partial charge in [-0.2, -0.15) is 13.2 Å². The Morgan fingerprint density at radius 3 is 2.65 bits per heavy atom. The highest BCUT2D eigenvalue weighted by atomic mass is 32.1. The molecule has 0 saturated heterocycles. The van der Waals surface area contributed by atoms with Crippen LogP contribution in [-0.4, -0.2) is 28.6 Å². The van der Waals surface area contributed by atoms with E-state index in [4.69, 9.17) is 12.2 Å². The van der Waals surface area contributed by atoms with Crippen molar-refractivity contribution in [2.75, 3.05) is 6.54 Å². The van der Waals surface area contributed by atoms with Crippen molar-refractivity contribution in [3.63, 3.8) is 0 Å². The van der Waals surface area contributed by atoms with Crippen LogP contribution in [0.25, 0.3) is 10.9 Å². The highest BCUT2D eigenvalue weighted by Crippen LogP contribution is 2.14. The first-order valence-corrected chi connectivity index (χ1v) is 5.78. The van der Waals surface area contributed by atoms with Gasteiger partial charge in [-0.25, -0.2) is 0 Å². The van der Waals surface area contributed by atoms with Crippen LogP contribution >= 0.6 is 12.2 Å². The van der Waals surface area contributed by atoms with E-state index in [1.165, 1.54) is 18.2 Å². The minimum atomic E-state index is -4.48. The van der Waals surface area contributed by atoms with Gasteiger partial charge in [0.1, 0.15) is 6.54 Å². The number of carbonyl (C=O) groups is 1. The number of nitrogens with one attached hydrogen (secondary N) is 3. The van der Waals surface area contributed by atoms with Crippen LogP contribution in [-0.2, 0) is 0 Å². The number of carbonyl (C=O) groups excluding carboxylic acids is 1. The van der Waals surface area contributed by atoms with Gasteiger partial charge in [0.2, 0.25) is 0 Å². The highest BCUT2D eigenvalue weighted by Gasteiger charge is 2.27. The Labute approximate surface area is 114 Å². The molecule has 0 atom stereocenters. The second kappa shape index (κ2) is 5.08. The lowest BCUT2D eigenvalue weighted by atomic mass is 10.1. The van der Waals surface area contributed by atoms with Crippen LogP contribution in [0.15, 0.2) is 23.0 Å². The third-order valence-electron chi connectivity index (χ3n) is 2.45. The second-order valence-corrected chi connectivity index (χ2v) is 4.37. The molecule has 9 heteroatoms. The number of hydrogen-bond acceptors (Lipinski definition) is 3. The van der Waals surface area contributed by atoms with Gasteiger partial charge in [0.15, 0.2) is 4.77 Å². The Bertz CT molecular complexity index is 779. The molecule has 2 rings (SSSR count). The SMILES string of the molecule is O=C(NCC(F)(F)F)c1ccc2c(=O)[nH]c(=S)[nH]c2c1. The average molecular weight is 303 g/mol. The summed E-state index contributed by atoms with van der Waals surface area (Å²) in [4.78, 5) is 28.1. The number of fused-ring (bicyclic) bond motifs is 1. The molecule has 2 aromatic rings. The summed E-state index contributed by atoms with van der Waals surface area (Å²) in [5, 5.41) is 2.00. The van der Waals surface area contributed by atoms with Crippen molar-refractivity contribution in [3.05, 3.63) is 38.9 Å². The molecule has 1 amide bonds. The standard InChI is InChI=1S/C11H8F3N3O2S/c12-11(13,14)4-15-8(18)5-1-2-6-7(3-5)16-10(20)17-9(6)19/h1-3H,4H2,(H,15,18)(H2,16,17,19,20). The largest absolute Gasteiger partial charge is 0.405 e. The first kappa shape index (κ1) is 14.3. The van der Waals surface area contributed by atoms with Gasteiger partial charge in [-0.1, -0.05) is 0 Å². The van der Waals surface area contributed by atoms with E-state index in [1.807, 2.05) is 0 Å². The van der Waals surface area contributed by atoms with E-state index in [0.29, 0.717) is 0 Å². The van der Waals surface area contributed by atoms with E-state index in [2.05, 4.69) is 9.97 Å². The summed E-state index contributed by atoms with van der Waals surface area (Å²) in [5.74, 6) is -0.885. The fourth-order valence-electron chi connectivity index (χ4n) is 1.59. The Hall–Kier alpha value is -2.16. The first-order chi connectivity index (χ1) is 9.26. The molecule has 0 aliphatic rings. The van der Waals surface area contributed by atoms with Gasteiger partial charge in [-0.05, 0) is 30.4 Å². The van der Waals surface area contributed by atoms with E-state index in [1.54, 1.807) is 5.32 Å². The molecule has 0 bridgehead atoms. The number of aromatic amines is 2. The molecular weight excluding hydrogens is 295 g/mol. The second-order valence-electron chi connectivity index (χ2n) is 3.97. The minimum absolute atomic E-state index is 0.00185. The molecule has 1 heterocycles. The summed E-state index contributed by atoms with van der Waals surface area (Å²) in [6.07, 6.45) is -4.48. The van der Waals surface area contributed by atoms with Crippen LogP contribution in [0, 0.1) is 4.77 Å². The maximum atomic E-state index is 12.0. The van der Waals surface area contributed by atoms with E-state index in [0.717, 1.165) is 0 Å². The fourth-order valence-corrected chi connectivity index (χ4v) is 1.80. The van der Waals surface area contributed by atoms with Gasteiger partial charge in [0, 0.05) is 5.56 Å². The van der Waals surface area contributed by atoms with Crippen molar-refractivity contribution in [1.82, 2.24) is 15.3 Å². The van der Waals surface area contributed by atoms with E-state index in [-0.39, 0.29) is 21.2 Å². The Kier molecular flexibility index (Phi) is 3.62. The molecular formula is C11H8F3N3O2S. The van der Waals surface area contributed by atoms with Gasteiger partial charge < -0.3 is 10.3 Å². The molecule has 0 spiro atoms. The summed E-state index contributed by atoms with van der Waals surface area (Å²) in [6.45, 7) is -1.42. The number of benzene rings is 1. The molecule has 0 radical (unpaired) electrons. The lowest BCUT2D eigenvalue weighted by Crippen LogP contribution is -2.33. The van der Waals surface area contributed by atoms with Gasteiger partial charge in [-0.3, -0.25) is 14.6 Å². The molecule has 106 valence electrons. The number of aromatic nitrogens is 2. The van der Waals surface area contributed by atoms with Crippen molar-refractivity contribution in [2.45, 2.75) is 6.18 Å².